The Morgan fingerprint density at radius 1 is 1.05 bits per heavy atom. The van der Waals surface area contributed by atoms with Crippen molar-refractivity contribution in [1.29, 1.82) is 0 Å². The Balaban J connectivity index is 1.63. The quantitative estimate of drug-likeness (QED) is 0.797. The van der Waals surface area contributed by atoms with Crippen LogP contribution in [0, 0.1) is 0 Å². The summed E-state index contributed by atoms with van der Waals surface area (Å²) in [5.74, 6) is -0.216. The molecule has 100 valence electrons. The molecule has 0 aliphatic rings. The fraction of sp³-hybridized carbons (Fsp3) is 0.0833. The molecule has 0 aliphatic heterocycles. The zero-order valence-corrected chi connectivity index (χ0v) is 11.8. The van der Waals surface area contributed by atoms with Crippen LogP contribution in [-0.2, 0) is 6.54 Å². The lowest BCUT2D eigenvalue weighted by molar-refractivity contribution is 0.0946. The first-order valence-electron chi connectivity index (χ1n) is 5.74. The zero-order chi connectivity index (χ0) is 13.8. The van der Waals surface area contributed by atoms with Gasteiger partial charge in [-0.25, -0.2) is 0 Å². The lowest BCUT2D eigenvalue weighted by Gasteiger charge is -2.04. The molecule has 0 bridgehead atoms. The minimum Gasteiger partial charge on any atom is -0.347 e. The summed E-state index contributed by atoms with van der Waals surface area (Å²) in [5, 5.41) is 14.0. The van der Waals surface area contributed by atoms with Gasteiger partial charge in [-0.05, 0) is 28.6 Å². The molecule has 0 fully saturated rings. The predicted molar refractivity (Wildman–Crippen MR) is 76.4 cm³/mol. The monoisotopic (exact) mass is 303 g/mol. The first kappa shape index (κ1) is 12.8. The van der Waals surface area contributed by atoms with Crippen LogP contribution in [-0.4, -0.2) is 25.1 Å². The molecule has 3 rings (SSSR count). The molecule has 1 N–H and O–H groups in total. The lowest BCUT2D eigenvalue weighted by Crippen LogP contribution is -2.23. The molecule has 2 aromatic heterocycles. The molecule has 2 heterocycles. The number of aromatic nitrogens is 4. The maximum Gasteiger partial charge on any atom is 0.273 e. The summed E-state index contributed by atoms with van der Waals surface area (Å²) in [5.41, 5.74) is 3.23. The summed E-state index contributed by atoms with van der Waals surface area (Å²) >= 11 is 2.48. The third kappa shape index (κ3) is 2.86. The van der Waals surface area contributed by atoms with Gasteiger partial charge in [0.2, 0.25) is 0 Å². The molecular weight excluding hydrogens is 294 g/mol. The van der Waals surface area contributed by atoms with Crippen molar-refractivity contribution in [3.05, 3.63) is 46.3 Å². The summed E-state index contributed by atoms with van der Waals surface area (Å²) in [6.45, 7) is 0.450. The standard InChI is InChI=1S/C12H9N5OS2/c18-12(11-7-20-17-15-11)13-5-8-1-3-9(4-2-8)10-6-19-16-14-10/h1-4,6-7H,5H2,(H,13,18). The fourth-order valence-corrected chi connectivity index (χ4v) is 2.52. The SMILES string of the molecule is O=C(NCc1ccc(-c2csnn2)cc1)c1csnn1. The molecule has 8 heteroatoms. The number of nitrogens with zero attached hydrogens (tertiary/aromatic N) is 4. The number of hydrogen-bond donors (Lipinski definition) is 1. The van der Waals surface area contributed by atoms with E-state index in [9.17, 15) is 4.79 Å². The number of carbonyl (C=O) groups excluding carboxylic acids is 1. The normalized spacial score (nSPS) is 10.4. The van der Waals surface area contributed by atoms with Crippen LogP contribution >= 0.6 is 23.1 Å². The van der Waals surface area contributed by atoms with E-state index in [1.165, 1.54) is 11.5 Å². The maximum atomic E-state index is 11.7. The van der Waals surface area contributed by atoms with Crippen molar-refractivity contribution in [3.63, 3.8) is 0 Å². The van der Waals surface area contributed by atoms with E-state index in [2.05, 4.69) is 24.5 Å². The summed E-state index contributed by atoms with van der Waals surface area (Å²) in [6, 6.07) is 7.83. The van der Waals surface area contributed by atoms with Crippen LogP contribution < -0.4 is 5.32 Å². The summed E-state index contributed by atoms with van der Waals surface area (Å²) in [7, 11) is 0. The molecule has 0 spiro atoms. The van der Waals surface area contributed by atoms with Gasteiger partial charge in [0.25, 0.3) is 5.91 Å². The second kappa shape index (κ2) is 5.85. The van der Waals surface area contributed by atoms with Crippen LogP contribution in [0.4, 0.5) is 0 Å². The number of carbonyl (C=O) groups is 1. The van der Waals surface area contributed by atoms with Gasteiger partial charge in [0.15, 0.2) is 5.69 Å². The fourth-order valence-electron chi connectivity index (χ4n) is 1.62. The van der Waals surface area contributed by atoms with Gasteiger partial charge in [-0.3, -0.25) is 4.79 Å². The Morgan fingerprint density at radius 2 is 1.80 bits per heavy atom. The minimum atomic E-state index is -0.216. The Kier molecular flexibility index (Phi) is 3.75. The summed E-state index contributed by atoms with van der Waals surface area (Å²) in [6.07, 6.45) is 0. The molecule has 0 aliphatic carbocycles. The number of amides is 1. The molecular formula is C12H9N5OS2. The molecule has 3 aromatic rings. The van der Waals surface area contributed by atoms with Gasteiger partial charge in [0, 0.05) is 22.9 Å². The summed E-state index contributed by atoms with van der Waals surface area (Å²) < 4.78 is 7.49. The van der Waals surface area contributed by atoms with E-state index in [1.807, 2.05) is 29.6 Å². The van der Waals surface area contributed by atoms with Crippen molar-refractivity contribution < 1.29 is 4.79 Å². The highest BCUT2D eigenvalue weighted by atomic mass is 32.1. The molecule has 1 amide bonds. The molecule has 1 aromatic carbocycles. The highest BCUT2D eigenvalue weighted by Crippen LogP contribution is 2.18. The first-order chi connectivity index (χ1) is 9.83. The number of benzene rings is 1. The molecule has 6 nitrogen and oxygen atoms in total. The summed E-state index contributed by atoms with van der Waals surface area (Å²) in [4.78, 5) is 11.7. The van der Waals surface area contributed by atoms with Gasteiger partial charge >= 0.3 is 0 Å². The van der Waals surface area contributed by atoms with E-state index >= 15 is 0 Å². The molecule has 0 saturated heterocycles. The highest BCUT2D eigenvalue weighted by Gasteiger charge is 2.08. The van der Waals surface area contributed by atoms with E-state index in [0.29, 0.717) is 12.2 Å². The van der Waals surface area contributed by atoms with E-state index in [1.54, 1.807) is 5.38 Å². The van der Waals surface area contributed by atoms with Crippen LogP contribution in [0.3, 0.4) is 0 Å². The number of hydrogen-bond acceptors (Lipinski definition) is 7. The van der Waals surface area contributed by atoms with E-state index in [0.717, 1.165) is 28.4 Å². The molecule has 0 radical (unpaired) electrons. The van der Waals surface area contributed by atoms with Crippen molar-refractivity contribution in [1.82, 2.24) is 24.5 Å². The van der Waals surface area contributed by atoms with Crippen molar-refractivity contribution in [3.8, 4) is 11.3 Å². The Bertz CT molecular complexity index is 679. The zero-order valence-electron chi connectivity index (χ0n) is 10.2. The minimum absolute atomic E-state index is 0.216. The Hall–Kier alpha value is -2.19. The number of nitrogens with one attached hydrogen (secondary N) is 1. The van der Waals surface area contributed by atoms with Gasteiger partial charge < -0.3 is 5.32 Å². The van der Waals surface area contributed by atoms with Gasteiger partial charge in [0.1, 0.15) is 5.69 Å². The van der Waals surface area contributed by atoms with Crippen molar-refractivity contribution in [2.75, 3.05) is 0 Å². The van der Waals surface area contributed by atoms with Crippen molar-refractivity contribution in [2.45, 2.75) is 6.54 Å². The third-order valence-electron chi connectivity index (χ3n) is 2.66. The van der Waals surface area contributed by atoms with Crippen LogP contribution in [0.2, 0.25) is 0 Å². The average Bonchev–Trinajstić information content (AvgIpc) is 3.18. The van der Waals surface area contributed by atoms with Gasteiger partial charge in [-0.15, -0.1) is 10.2 Å². The molecule has 0 atom stereocenters. The Morgan fingerprint density at radius 3 is 2.45 bits per heavy atom. The molecule has 0 unspecified atom stereocenters. The number of rotatable bonds is 4. The second-order valence-electron chi connectivity index (χ2n) is 3.96. The maximum absolute atomic E-state index is 11.7. The van der Waals surface area contributed by atoms with Gasteiger partial charge in [-0.2, -0.15) is 0 Å². The predicted octanol–water partition coefficient (Wildman–Crippen LogP) is 1.99. The van der Waals surface area contributed by atoms with E-state index < -0.39 is 0 Å². The molecule has 0 saturated carbocycles. The third-order valence-corrected chi connectivity index (χ3v) is 3.66. The first-order valence-corrected chi connectivity index (χ1v) is 7.42. The molecule has 20 heavy (non-hydrogen) atoms. The van der Waals surface area contributed by atoms with Gasteiger partial charge in [0.05, 0.1) is 0 Å². The average molecular weight is 303 g/mol. The highest BCUT2D eigenvalue weighted by molar-refractivity contribution is 7.03. The largest absolute Gasteiger partial charge is 0.347 e. The van der Waals surface area contributed by atoms with E-state index in [4.69, 9.17) is 0 Å². The van der Waals surface area contributed by atoms with Gasteiger partial charge in [-0.1, -0.05) is 33.2 Å². The Labute approximate surface area is 122 Å². The van der Waals surface area contributed by atoms with Crippen molar-refractivity contribution in [2.24, 2.45) is 0 Å². The topological polar surface area (TPSA) is 80.7 Å². The van der Waals surface area contributed by atoms with Crippen molar-refractivity contribution >= 4 is 29.0 Å². The van der Waals surface area contributed by atoms with Crippen LogP contribution in [0.5, 0.6) is 0 Å². The van der Waals surface area contributed by atoms with Crippen LogP contribution in [0.1, 0.15) is 16.1 Å². The van der Waals surface area contributed by atoms with E-state index in [-0.39, 0.29) is 5.91 Å². The van der Waals surface area contributed by atoms with Crippen LogP contribution in [0.25, 0.3) is 11.3 Å². The smallest absolute Gasteiger partial charge is 0.273 e. The second-order valence-corrected chi connectivity index (χ2v) is 5.18. The lowest BCUT2D eigenvalue weighted by atomic mass is 10.1. The van der Waals surface area contributed by atoms with Crippen LogP contribution in [0.15, 0.2) is 35.0 Å².